The third kappa shape index (κ3) is 4.05. The van der Waals surface area contributed by atoms with Gasteiger partial charge in [-0.2, -0.15) is 0 Å². The lowest BCUT2D eigenvalue weighted by atomic mass is 10.1. The number of hydrogen-bond donors (Lipinski definition) is 1. The molecule has 2 aromatic carbocycles. The molecule has 116 valence electrons. The lowest BCUT2D eigenvalue weighted by Gasteiger charge is -2.16. The Morgan fingerprint density at radius 2 is 1.95 bits per heavy atom. The van der Waals surface area contributed by atoms with E-state index < -0.39 is 10.8 Å². The van der Waals surface area contributed by atoms with E-state index in [-0.39, 0.29) is 11.9 Å². The lowest BCUT2D eigenvalue weighted by molar-refractivity contribution is 0.0936. The molecule has 2 atom stereocenters. The summed E-state index contributed by atoms with van der Waals surface area (Å²) in [6.45, 7) is 3.77. The molecule has 1 N–H and O–H groups in total. The van der Waals surface area contributed by atoms with Crippen molar-refractivity contribution < 1.29 is 9.00 Å². The van der Waals surface area contributed by atoms with Gasteiger partial charge in [0.15, 0.2) is 0 Å². The zero-order valence-electron chi connectivity index (χ0n) is 12.5. The standard InChI is InChI=1S/C17H18BrNO2S/c1-3-22(21)16-10-5-4-9-15(16)17(20)19-12(2)13-7-6-8-14(18)11-13/h4-12H,3H2,1-2H3,(H,19,20)/t12-,22-/m0/s1. The van der Waals surface area contributed by atoms with Gasteiger partial charge in [-0.15, -0.1) is 0 Å². The number of rotatable bonds is 5. The van der Waals surface area contributed by atoms with Crippen LogP contribution in [0.2, 0.25) is 0 Å². The van der Waals surface area contributed by atoms with Crippen LogP contribution in [0, 0.1) is 0 Å². The maximum Gasteiger partial charge on any atom is 0.252 e. The quantitative estimate of drug-likeness (QED) is 0.850. The summed E-state index contributed by atoms with van der Waals surface area (Å²) >= 11 is 3.43. The predicted molar refractivity (Wildman–Crippen MR) is 93.4 cm³/mol. The van der Waals surface area contributed by atoms with Crippen LogP contribution in [-0.4, -0.2) is 15.9 Å². The second kappa shape index (κ2) is 7.70. The fourth-order valence-corrected chi connectivity index (χ4v) is 3.51. The highest BCUT2D eigenvalue weighted by Crippen LogP contribution is 2.19. The smallest absolute Gasteiger partial charge is 0.252 e. The fourth-order valence-electron chi connectivity index (χ4n) is 2.14. The molecule has 0 unspecified atom stereocenters. The van der Waals surface area contributed by atoms with E-state index >= 15 is 0 Å². The summed E-state index contributed by atoms with van der Waals surface area (Å²) < 4.78 is 13.0. The summed E-state index contributed by atoms with van der Waals surface area (Å²) in [7, 11) is -1.15. The van der Waals surface area contributed by atoms with Gasteiger partial charge in [0.25, 0.3) is 5.91 Å². The molecular weight excluding hydrogens is 362 g/mol. The van der Waals surface area contributed by atoms with Crippen molar-refractivity contribution in [2.45, 2.75) is 24.8 Å². The minimum atomic E-state index is -1.15. The van der Waals surface area contributed by atoms with Crippen LogP contribution < -0.4 is 5.32 Å². The van der Waals surface area contributed by atoms with E-state index in [4.69, 9.17) is 0 Å². The molecule has 22 heavy (non-hydrogen) atoms. The molecule has 0 radical (unpaired) electrons. The average molecular weight is 380 g/mol. The van der Waals surface area contributed by atoms with E-state index in [9.17, 15) is 9.00 Å². The average Bonchev–Trinajstić information content (AvgIpc) is 2.54. The van der Waals surface area contributed by atoms with Crippen LogP contribution in [0.4, 0.5) is 0 Å². The first-order chi connectivity index (χ1) is 10.5. The van der Waals surface area contributed by atoms with Crippen LogP contribution in [0.1, 0.15) is 35.8 Å². The molecule has 0 fully saturated rings. The van der Waals surface area contributed by atoms with Gasteiger partial charge in [0.05, 0.1) is 27.3 Å². The molecule has 0 aliphatic rings. The Labute approximate surface area is 141 Å². The molecular formula is C17H18BrNO2S. The van der Waals surface area contributed by atoms with Crippen molar-refractivity contribution in [3.05, 3.63) is 64.1 Å². The molecule has 0 aliphatic heterocycles. The van der Waals surface area contributed by atoms with Crippen LogP contribution >= 0.6 is 15.9 Å². The first kappa shape index (κ1) is 16.9. The van der Waals surface area contributed by atoms with Crippen LogP contribution in [0.25, 0.3) is 0 Å². The van der Waals surface area contributed by atoms with Crippen molar-refractivity contribution in [1.82, 2.24) is 5.32 Å². The second-order valence-electron chi connectivity index (χ2n) is 4.88. The highest BCUT2D eigenvalue weighted by Gasteiger charge is 2.17. The molecule has 3 nitrogen and oxygen atoms in total. The van der Waals surface area contributed by atoms with Gasteiger partial charge in [-0.05, 0) is 36.8 Å². The number of nitrogens with one attached hydrogen (secondary N) is 1. The SMILES string of the molecule is CC[S@](=O)c1ccccc1C(=O)N[C@@H](C)c1cccc(Br)c1. The van der Waals surface area contributed by atoms with Gasteiger partial charge in [0.1, 0.15) is 0 Å². The first-order valence-corrected chi connectivity index (χ1v) is 9.18. The monoisotopic (exact) mass is 379 g/mol. The molecule has 0 saturated carbocycles. The number of hydrogen-bond acceptors (Lipinski definition) is 2. The van der Waals surface area contributed by atoms with Gasteiger partial charge in [-0.1, -0.05) is 47.1 Å². The highest BCUT2D eigenvalue weighted by molar-refractivity contribution is 9.10. The van der Waals surface area contributed by atoms with Gasteiger partial charge in [-0.3, -0.25) is 9.00 Å². The Balaban J connectivity index is 2.21. The van der Waals surface area contributed by atoms with Crippen LogP contribution in [-0.2, 0) is 10.8 Å². The molecule has 0 aliphatic carbocycles. The Morgan fingerprint density at radius 1 is 1.23 bits per heavy atom. The second-order valence-corrected chi connectivity index (χ2v) is 7.50. The van der Waals surface area contributed by atoms with Crippen molar-refractivity contribution in [2.75, 3.05) is 5.75 Å². The van der Waals surface area contributed by atoms with Crippen molar-refractivity contribution in [3.63, 3.8) is 0 Å². The largest absolute Gasteiger partial charge is 0.345 e. The summed E-state index contributed by atoms with van der Waals surface area (Å²) in [4.78, 5) is 13.1. The van der Waals surface area contributed by atoms with Crippen LogP contribution in [0.3, 0.4) is 0 Å². The van der Waals surface area contributed by atoms with Crippen molar-refractivity contribution in [2.24, 2.45) is 0 Å². The van der Waals surface area contributed by atoms with Gasteiger partial charge in [0, 0.05) is 10.2 Å². The van der Waals surface area contributed by atoms with Gasteiger partial charge in [-0.25, -0.2) is 0 Å². The number of halogens is 1. The van der Waals surface area contributed by atoms with Gasteiger partial charge < -0.3 is 5.32 Å². The molecule has 0 heterocycles. The third-order valence-corrected chi connectivity index (χ3v) is 5.20. The third-order valence-electron chi connectivity index (χ3n) is 3.34. The topological polar surface area (TPSA) is 46.2 Å². The lowest BCUT2D eigenvalue weighted by Crippen LogP contribution is -2.27. The minimum absolute atomic E-state index is 0.131. The molecule has 2 aromatic rings. The zero-order valence-corrected chi connectivity index (χ0v) is 14.9. The molecule has 1 amide bonds. The molecule has 0 spiro atoms. The molecule has 2 rings (SSSR count). The normalized spacial score (nSPS) is 13.4. The Kier molecular flexibility index (Phi) is 5.91. The van der Waals surface area contributed by atoms with Crippen molar-refractivity contribution >= 4 is 32.6 Å². The zero-order chi connectivity index (χ0) is 16.1. The van der Waals surface area contributed by atoms with E-state index in [0.29, 0.717) is 16.2 Å². The molecule has 0 aromatic heterocycles. The molecule has 5 heteroatoms. The molecule has 0 bridgehead atoms. The van der Waals surface area contributed by atoms with E-state index in [1.54, 1.807) is 24.3 Å². The van der Waals surface area contributed by atoms with Gasteiger partial charge >= 0.3 is 0 Å². The molecule has 0 saturated heterocycles. The predicted octanol–water partition coefficient (Wildman–Crippen LogP) is 4.07. The number of amides is 1. The number of benzene rings is 2. The summed E-state index contributed by atoms with van der Waals surface area (Å²) in [5.41, 5.74) is 1.49. The van der Waals surface area contributed by atoms with E-state index in [1.165, 1.54) is 0 Å². The Bertz CT molecular complexity index is 703. The van der Waals surface area contributed by atoms with Crippen molar-refractivity contribution in [3.8, 4) is 0 Å². The summed E-state index contributed by atoms with van der Waals surface area (Å²) in [6.07, 6.45) is 0. The summed E-state index contributed by atoms with van der Waals surface area (Å²) in [5.74, 6) is 0.288. The summed E-state index contributed by atoms with van der Waals surface area (Å²) in [6, 6.07) is 14.7. The first-order valence-electron chi connectivity index (χ1n) is 7.06. The number of carbonyl (C=O) groups is 1. The Hall–Kier alpha value is -1.46. The maximum atomic E-state index is 12.5. The van der Waals surface area contributed by atoms with E-state index in [2.05, 4.69) is 21.2 Å². The summed E-state index contributed by atoms with van der Waals surface area (Å²) in [5, 5.41) is 2.96. The highest BCUT2D eigenvalue weighted by atomic mass is 79.9. The Morgan fingerprint density at radius 3 is 2.64 bits per heavy atom. The maximum absolute atomic E-state index is 12.5. The fraction of sp³-hybridized carbons (Fsp3) is 0.235. The van der Waals surface area contributed by atoms with E-state index in [0.717, 1.165) is 10.0 Å². The minimum Gasteiger partial charge on any atom is -0.345 e. The van der Waals surface area contributed by atoms with Crippen LogP contribution in [0.15, 0.2) is 57.9 Å². The van der Waals surface area contributed by atoms with E-state index in [1.807, 2.05) is 38.1 Å². The van der Waals surface area contributed by atoms with Gasteiger partial charge in [0.2, 0.25) is 0 Å². The van der Waals surface area contributed by atoms with Crippen LogP contribution in [0.5, 0.6) is 0 Å². The van der Waals surface area contributed by atoms with Crippen molar-refractivity contribution in [1.29, 1.82) is 0 Å². The number of carbonyl (C=O) groups excluding carboxylic acids is 1.